The summed E-state index contributed by atoms with van der Waals surface area (Å²) < 4.78 is 5.29. The second-order valence-corrected chi connectivity index (χ2v) is 6.37. The molecule has 0 N–H and O–H groups in total. The van der Waals surface area contributed by atoms with E-state index < -0.39 is 0 Å². The van der Waals surface area contributed by atoms with Crippen molar-refractivity contribution >= 4 is 11.6 Å². The highest BCUT2D eigenvalue weighted by atomic mass is 16.7. The monoisotopic (exact) mass is 302 g/mol. The van der Waals surface area contributed by atoms with Crippen molar-refractivity contribution in [1.82, 2.24) is 4.90 Å². The Labute approximate surface area is 130 Å². The number of hydrogen-bond acceptors (Lipinski definition) is 4. The van der Waals surface area contributed by atoms with E-state index in [1.807, 2.05) is 23.1 Å². The summed E-state index contributed by atoms with van der Waals surface area (Å²) >= 11 is 0. The van der Waals surface area contributed by atoms with E-state index in [2.05, 4.69) is 19.0 Å². The van der Waals surface area contributed by atoms with E-state index in [0.717, 1.165) is 18.6 Å². The van der Waals surface area contributed by atoms with Crippen LogP contribution in [-0.4, -0.2) is 42.3 Å². The minimum absolute atomic E-state index is 0.00378. The fraction of sp³-hybridized carbons (Fsp3) is 0.529. The van der Waals surface area contributed by atoms with E-state index in [0.29, 0.717) is 30.3 Å². The van der Waals surface area contributed by atoms with Crippen LogP contribution < -0.4 is 4.74 Å². The standard InChI is InChI=1S/C17H22N2O3/c1-12(2)14-10-17(22-18-14)8-9-19(11-17)16(20)13-6-4-5-7-15(13)21-3/h4-7,12H,8-11H2,1-3H3. The van der Waals surface area contributed by atoms with Gasteiger partial charge in [0.25, 0.3) is 5.91 Å². The summed E-state index contributed by atoms with van der Waals surface area (Å²) in [5.41, 5.74) is 1.37. The molecule has 118 valence electrons. The average Bonchev–Trinajstić information content (AvgIpc) is 3.14. The Kier molecular flexibility index (Phi) is 3.81. The molecule has 1 aromatic rings. The number of oxime groups is 1. The first kappa shape index (κ1) is 14.9. The molecule has 1 amide bonds. The maximum absolute atomic E-state index is 12.7. The van der Waals surface area contributed by atoms with Gasteiger partial charge in [-0.25, -0.2) is 0 Å². The number of ether oxygens (including phenoxy) is 1. The molecule has 2 aliphatic rings. The van der Waals surface area contributed by atoms with Gasteiger partial charge in [-0.15, -0.1) is 0 Å². The number of rotatable bonds is 3. The Hall–Kier alpha value is -2.04. The van der Waals surface area contributed by atoms with Crippen LogP contribution >= 0.6 is 0 Å². The number of benzene rings is 1. The van der Waals surface area contributed by atoms with Crippen LogP contribution in [-0.2, 0) is 4.84 Å². The molecule has 0 aliphatic carbocycles. The van der Waals surface area contributed by atoms with Crippen molar-refractivity contribution in [1.29, 1.82) is 0 Å². The third kappa shape index (κ3) is 2.56. The zero-order chi connectivity index (χ0) is 15.7. The number of para-hydroxylation sites is 1. The second kappa shape index (κ2) is 5.63. The molecule has 3 rings (SSSR count). The molecular formula is C17H22N2O3. The van der Waals surface area contributed by atoms with E-state index in [1.54, 1.807) is 13.2 Å². The number of carbonyl (C=O) groups is 1. The number of carbonyl (C=O) groups excluding carboxylic acids is 1. The van der Waals surface area contributed by atoms with E-state index in [4.69, 9.17) is 9.57 Å². The van der Waals surface area contributed by atoms with Crippen molar-refractivity contribution in [3.8, 4) is 5.75 Å². The summed E-state index contributed by atoms with van der Waals surface area (Å²) in [7, 11) is 1.58. The Bertz CT molecular complexity index is 612. The smallest absolute Gasteiger partial charge is 0.257 e. The van der Waals surface area contributed by atoms with Crippen LogP contribution in [0.15, 0.2) is 29.4 Å². The van der Waals surface area contributed by atoms with Gasteiger partial charge in [0, 0.05) is 19.4 Å². The normalized spacial score (nSPS) is 23.8. The highest BCUT2D eigenvalue weighted by Crippen LogP contribution is 2.36. The molecule has 1 unspecified atom stereocenters. The van der Waals surface area contributed by atoms with Gasteiger partial charge in [-0.1, -0.05) is 31.1 Å². The van der Waals surface area contributed by atoms with Gasteiger partial charge in [0.1, 0.15) is 5.75 Å². The van der Waals surface area contributed by atoms with Crippen LogP contribution in [0.2, 0.25) is 0 Å². The Morgan fingerprint density at radius 1 is 1.41 bits per heavy atom. The summed E-state index contributed by atoms with van der Waals surface area (Å²) in [6.45, 7) is 5.52. The molecule has 5 nitrogen and oxygen atoms in total. The fourth-order valence-corrected chi connectivity index (χ4v) is 3.09. The first-order valence-electron chi connectivity index (χ1n) is 7.72. The van der Waals surface area contributed by atoms with Crippen LogP contribution in [0.3, 0.4) is 0 Å². The summed E-state index contributed by atoms with van der Waals surface area (Å²) in [5, 5.41) is 4.22. The minimum atomic E-state index is -0.322. The largest absolute Gasteiger partial charge is 0.496 e. The van der Waals surface area contributed by atoms with Crippen LogP contribution in [0, 0.1) is 5.92 Å². The molecule has 1 fully saturated rings. The molecule has 22 heavy (non-hydrogen) atoms. The van der Waals surface area contributed by atoms with Gasteiger partial charge in [0.2, 0.25) is 0 Å². The van der Waals surface area contributed by atoms with Crippen molar-refractivity contribution in [2.24, 2.45) is 11.1 Å². The highest BCUT2D eigenvalue weighted by Gasteiger charge is 2.47. The Balaban J connectivity index is 1.72. The first-order valence-corrected chi connectivity index (χ1v) is 7.72. The molecule has 0 bridgehead atoms. The van der Waals surface area contributed by atoms with Crippen molar-refractivity contribution < 1.29 is 14.4 Å². The first-order chi connectivity index (χ1) is 10.5. The molecular weight excluding hydrogens is 280 g/mol. The number of methoxy groups -OCH3 is 1. The highest BCUT2D eigenvalue weighted by molar-refractivity contribution is 5.97. The van der Waals surface area contributed by atoms with Crippen LogP contribution in [0.1, 0.15) is 37.0 Å². The summed E-state index contributed by atoms with van der Waals surface area (Å²) in [6, 6.07) is 7.33. The maximum Gasteiger partial charge on any atom is 0.257 e. The van der Waals surface area contributed by atoms with Crippen LogP contribution in [0.4, 0.5) is 0 Å². The lowest BCUT2D eigenvalue weighted by Crippen LogP contribution is -2.36. The summed E-state index contributed by atoms with van der Waals surface area (Å²) in [5.74, 6) is 0.995. The van der Waals surface area contributed by atoms with Gasteiger partial charge in [0.15, 0.2) is 5.60 Å². The lowest BCUT2D eigenvalue weighted by atomic mass is 9.92. The predicted molar refractivity (Wildman–Crippen MR) is 84.2 cm³/mol. The van der Waals surface area contributed by atoms with Crippen molar-refractivity contribution in [3.63, 3.8) is 0 Å². The van der Waals surface area contributed by atoms with Gasteiger partial charge in [-0.2, -0.15) is 0 Å². The Morgan fingerprint density at radius 2 is 2.18 bits per heavy atom. The van der Waals surface area contributed by atoms with Crippen molar-refractivity contribution in [2.45, 2.75) is 32.3 Å². The second-order valence-electron chi connectivity index (χ2n) is 6.37. The minimum Gasteiger partial charge on any atom is -0.496 e. The lowest BCUT2D eigenvalue weighted by Gasteiger charge is -2.22. The third-order valence-electron chi connectivity index (χ3n) is 4.47. The van der Waals surface area contributed by atoms with Gasteiger partial charge in [0.05, 0.1) is 24.9 Å². The maximum atomic E-state index is 12.7. The van der Waals surface area contributed by atoms with Crippen molar-refractivity contribution in [3.05, 3.63) is 29.8 Å². The van der Waals surface area contributed by atoms with Gasteiger partial charge in [-0.05, 0) is 18.1 Å². The van der Waals surface area contributed by atoms with Crippen LogP contribution in [0.25, 0.3) is 0 Å². The number of amides is 1. The van der Waals surface area contributed by atoms with E-state index in [9.17, 15) is 4.79 Å². The SMILES string of the molecule is COc1ccccc1C(=O)N1CCC2(CC(C(C)C)=NO2)C1. The summed E-state index contributed by atoms with van der Waals surface area (Å²) in [6.07, 6.45) is 1.65. The molecule has 0 saturated carbocycles. The molecule has 1 aromatic carbocycles. The predicted octanol–water partition coefficient (Wildman–Crippen LogP) is 2.71. The molecule has 2 aliphatic heterocycles. The average molecular weight is 302 g/mol. The van der Waals surface area contributed by atoms with Gasteiger partial charge in [-0.3, -0.25) is 4.79 Å². The zero-order valence-electron chi connectivity index (χ0n) is 13.3. The lowest BCUT2D eigenvalue weighted by molar-refractivity contribution is -0.00919. The topological polar surface area (TPSA) is 51.1 Å². The molecule has 2 heterocycles. The molecule has 0 radical (unpaired) electrons. The molecule has 1 spiro atoms. The quantitative estimate of drug-likeness (QED) is 0.862. The third-order valence-corrected chi connectivity index (χ3v) is 4.47. The van der Waals surface area contributed by atoms with Crippen molar-refractivity contribution in [2.75, 3.05) is 20.2 Å². The van der Waals surface area contributed by atoms with E-state index >= 15 is 0 Å². The number of nitrogens with zero attached hydrogens (tertiary/aromatic N) is 2. The Morgan fingerprint density at radius 3 is 2.86 bits per heavy atom. The molecule has 5 heteroatoms. The molecule has 1 atom stereocenters. The molecule has 0 aromatic heterocycles. The van der Waals surface area contributed by atoms with Crippen LogP contribution in [0.5, 0.6) is 5.75 Å². The van der Waals surface area contributed by atoms with Gasteiger partial charge < -0.3 is 14.5 Å². The number of hydrogen-bond donors (Lipinski definition) is 0. The molecule has 1 saturated heterocycles. The van der Waals surface area contributed by atoms with E-state index in [-0.39, 0.29) is 11.5 Å². The zero-order valence-corrected chi connectivity index (χ0v) is 13.3. The van der Waals surface area contributed by atoms with Gasteiger partial charge >= 0.3 is 0 Å². The van der Waals surface area contributed by atoms with E-state index in [1.165, 1.54) is 0 Å². The number of likely N-dealkylation sites (tertiary alicyclic amines) is 1. The fourth-order valence-electron chi connectivity index (χ4n) is 3.09. The summed E-state index contributed by atoms with van der Waals surface area (Å²) in [4.78, 5) is 20.3.